The van der Waals surface area contributed by atoms with Gasteiger partial charge in [0.1, 0.15) is 5.60 Å². The largest absolute Gasteiger partial charge is 0.457 e. The number of carbonyl (C=O) groups excluding carboxylic acids is 3. The zero-order valence-corrected chi connectivity index (χ0v) is 16.5. The minimum absolute atomic E-state index is 0.00604. The van der Waals surface area contributed by atoms with Gasteiger partial charge in [0.05, 0.1) is 13.0 Å². The van der Waals surface area contributed by atoms with Crippen LogP contribution in [-0.2, 0) is 25.5 Å². The summed E-state index contributed by atoms with van der Waals surface area (Å²) in [6.45, 7) is 11.0. The van der Waals surface area contributed by atoms with E-state index in [0.29, 0.717) is 0 Å². The smallest absolute Gasteiger partial charge is 0.331 e. The van der Waals surface area contributed by atoms with Crippen LogP contribution >= 0.6 is 0 Å². The standard InChI is InChI=1S/C21H29NO4/c1-20(2,3)17(23)14-22-18(24)13-16-9-7-15(8-10-16)11-12-19(25)26-21(4,5)6/h7-12H,13-14H2,1-6H3,(H,22,24). The molecule has 0 aliphatic rings. The van der Waals surface area contributed by atoms with Crippen molar-refractivity contribution in [3.8, 4) is 0 Å². The zero-order valence-electron chi connectivity index (χ0n) is 16.5. The first kappa shape index (κ1) is 21.6. The molecule has 1 amide bonds. The molecule has 0 atom stereocenters. The van der Waals surface area contributed by atoms with Crippen LogP contribution in [0.15, 0.2) is 30.3 Å². The Kier molecular flexibility index (Phi) is 7.30. The number of hydrogen-bond acceptors (Lipinski definition) is 4. The lowest BCUT2D eigenvalue weighted by atomic mass is 9.91. The number of nitrogens with one attached hydrogen (secondary N) is 1. The van der Waals surface area contributed by atoms with Crippen molar-refractivity contribution in [1.82, 2.24) is 5.32 Å². The third-order valence-corrected chi connectivity index (χ3v) is 3.45. The van der Waals surface area contributed by atoms with E-state index in [4.69, 9.17) is 4.74 Å². The van der Waals surface area contributed by atoms with Crippen molar-refractivity contribution in [1.29, 1.82) is 0 Å². The maximum atomic E-state index is 11.9. The molecule has 26 heavy (non-hydrogen) atoms. The summed E-state index contributed by atoms with van der Waals surface area (Å²) in [5, 5.41) is 2.65. The maximum absolute atomic E-state index is 11.9. The van der Waals surface area contributed by atoms with Gasteiger partial charge in [-0.15, -0.1) is 0 Å². The average Bonchev–Trinajstić information content (AvgIpc) is 2.49. The van der Waals surface area contributed by atoms with Crippen molar-refractivity contribution in [2.24, 2.45) is 5.41 Å². The van der Waals surface area contributed by atoms with Crippen molar-refractivity contribution < 1.29 is 19.1 Å². The van der Waals surface area contributed by atoms with Gasteiger partial charge in [-0.2, -0.15) is 0 Å². The first-order valence-corrected chi connectivity index (χ1v) is 8.67. The summed E-state index contributed by atoms with van der Waals surface area (Å²) in [6.07, 6.45) is 3.25. The monoisotopic (exact) mass is 359 g/mol. The van der Waals surface area contributed by atoms with Crippen LogP contribution in [0.3, 0.4) is 0 Å². The lowest BCUT2D eigenvalue weighted by Gasteiger charge is -2.17. The number of esters is 1. The molecule has 0 aliphatic heterocycles. The van der Waals surface area contributed by atoms with Gasteiger partial charge in [0.15, 0.2) is 5.78 Å². The molecule has 1 aromatic carbocycles. The number of Topliss-reactive ketones (excluding diaryl/α,β-unsaturated/α-hetero) is 1. The highest BCUT2D eigenvalue weighted by Crippen LogP contribution is 2.13. The molecule has 0 aromatic heterocycles. The molecule has 0 unspecified atom stereocenters. The number of rotatable bonds is 6. The summed E-state index contributed by atoms with van der Waals surface area (Å²) in [6, 6.07) is 7.29. The Bertz CT molecular complexity index is 673. The van der Waals surface area contributed by atoms with E-state index in [1.165, 1.54) is 6.08 Å². The van der Waals surface area contributed by atoms with Crippen LogP contribution in [-0.4, -0.2) is 29.8 Å². The normalized spacial score (nSPS) is 12.1. The molecule has 5 nitrogen and oxygen atoms in total. The number of benzene rings is 1. The molecule has 0 radical (unpaired) electrons. The predicted octanol–water partition coefficient (Wildman–Crippen LogP) is 3.32. The Morgan fingerprint density at radius 3 is 2.08 bits per heavy atom. The molecular formula is C21H29NO4. The molecule has 0 spiro atoms. The molecule has 0 fully saturated rings. The zero-order chi connectivity index (χ0) is 20.0. The summed E-state index contributed by atoms with van der Waals surface area (Å²) in [4.78, 5) is 35.4. The second-order valence-corrected chi connectivity index (χ2v) is 8.24. The number of amides is 1. The summed E-state index contributed by atoms with van der Waals surface area (Å²) in [5.41, 5.74) is 0.686. The van der Waals surface area contributed by atoms with Crippen molar-refractivity contribution in [2.45, 2.75) is 53.6 Å². The Hall–Kier alpha value is -2.43. The van der Waals surface area contributed by atoms with E-state index in [-0.39, 0.29) is 24.7 Å². The van der Waals surface area contributed by atoms with E-state index >= 15 is 0 Å². The van der Waals surface area contributed by atoms with Crippen LogP contribution in [0.2, 0.25) is 0 Å². The average molecular weight is 359 g/mol. The van der Waals surface area contributed by atoms with Crippen molar-refractivity contribution in [3.05, 3.63) is 41.5 Å². The lowest BCUT2D eigenvalue weighted by molar-refractivity contribution is -0.148. The second kappa shape index (κ2) is 8.79. The highest BCUT2D eigenvalue weighted by atomic mass is 16.6. The third kappa shape index (κ3) is 8.60. The van der Waals surface area contributed by atoms with E-state index in [1.54, 1.807) is 6.08 Å². The van der Waals surface area contributed by atoms with Gasteiger partial charge < -0.3 is 10.1 Å². The van der Waals surface area contributed by atoms with Gasteiger partial charge in [-0.05, 0) is 38.0 Å². The van der Waals surface area contributed by atoms with Gasteiger partial charge in [-0.3, -0.25) is 9.59 Å². The molecule has 1 N–H and O–H groups in total. The molecule has 5 heteroatoms. The van der Waals surface area contributed by atoms with Crippen LogP contribution in [0.4, 0.5) is 0 Å². The fraction of sp³-hybridized carbons (Fsp3) is 0.476. The van der Waals surface area contributed by atoms with E-state index in [1.807, 2.05) is 65.8 Å². The highest BCUT2D eigenvalue weighted by Gasteiger charge is 2.21. The lowest BCUT2D eigenvalue weighted by Crippen LogP contribution is -2.36. The van der Waals surface area contributed by atoms with Crippen LogP contribution in [0.1, 0.15) is 52.7 Å². The Labute approximate surface area is 155 Å². The van der Waals surface area contributed by atoms with E-state index in [2.05, 4.69) is 5.32 Å². The van der Waals surface area contributed by atoms with E-state index < -0.39 is 17.0 Å². The van der Waals surface area contributed by atoms with Gasteiger partial charge in [0.2, 0.25) is 5.91 Å². The first-order chi connectivity index (χ1) is 11.9. The molecule has 142 valence electrons. The highest BCUT2D eigenvalue weighted by molar-refractivity contribution is 5.90. The predicted molar refractivity (Wildman–Crippen MR) is 102 cm³/mol. The molecule has 0 saturated heterocycles. The maximum Gasteiger partial charge on any atom is 0.331 e. The summed E-state index contributed by atoms with van der Waals surface area (Å²) in [5.74, 6) is -0.599. The van der Waals surface area contributed by atoms with Gasteiger partial charge in [-0.25, -0.2) is 4.79 Å². The molecule has 0 heterocycles. The third-order valence-electron chi connectivity index (χ3n) is 3.45. The van der Waals surface area contributed by atoms with Crippen LogP contribution in [0.25, 0.3) is 6.08 Å². The Morgan fingerprint density at radius 1 is 1.00 bits per heavy atom. The molecule has 0 saturated carbocycles. The fourth-order valence-electron chi connectivity index (χ4n) is 1.94. The Balaban J connectivity index is 2.53. The van der Waals surface area contributed by atoms with Crippen LogP contribution in [0, 0.1) is 5.41 Å². The van der Waals surface area contributed by atoms with Crippen molar-refractivity contribution in [3.63, 3.8) is 0 Å². The van der Waals surface area contributed by atoms with Gasteiger partial charge in [-0.1, -0.05) is 45.0 Å². The fourth-order valence-corrected chi connectivity index (χ4v) is 1.94. The summed E-state index contributed by atoms with van der Waals surface area (Å²) >= 11 is 0. The topological polar surface area (TPSA) is 72.5 Å². The number of ketones is 1. The van der Waals surface area contributed by atoms with Crippen molar-refractivity contribution in [2.75, 3.05) is 6.54 Å². The Morgan fingerprint density at radius 2 is 1.58 bits per heavy atom. The molecule has 0 aliphatic carbocycles. The number of hydrogen-bond donors (Lipinski definition) is 1. The van der Waals surface area contributed by atoms with Gasteiger partial charge in [0.25, 0.3) is 0 Å². The number of carbonyl (C=O) groups is 3. The van der Waals surface area contributed by atoms with Gasteiger partial charge >= 0.3 is 5.97 Å². The van der Waals surface area contributed by atoms with Crippen LogP contribution < -0.4 is 5.32 Å². The first-order valence-electron chi connectivity index (χ1n) is 8.67. The quantitative estimate of drug-likeness (QED) is 0.625. The molecular weight excluding hydrogens is 330 g/mol. The van der Waals surface area contributed by atoms with E-state index in [0.717, 1.165) is 11.1 Å². The van der Waals surface area contributed by atoms with Gasteiger partial charge in [0, 0.05) is 11.5 Å². The minimum Gasteiger partial charge on any atom is -0.457 e. The summed E-state index contributed by atoms with van der Waals surface area (Å²) in [7, 11) is 0. The SMILES string of the molecule is CC(C)(C)OC(=O)C=Cc1ccc(CC(=O)NCC(=O)C(C)(C)C)cc1. The summed E-state index contributed by atoms with van der Waals surface area (Å²) < 4.78 is 5.20. The molecule has 1 aromatic rings. The minimum atomic E-state index is -0.521. The molecule has 1 rings (SSSR count). The van der Waals surface area contributed by atoms with E-state index in [9.17, 15) is 14.4 Å². The molecule has 0 bridgehead atoms. The second-order valence-electron chi connectivity index (χ2n) is 8.24. The van der Waals surface area contributed by atoms with Crippen molar-refractivity contribution >= 4 is 23.7 Å². The van der Waals surface area contributed by atoms with Crippen LogP contribution in [0.5, 0.6) is 0 Å². The number of ether oxygens (including phenoxy) is 1.